The Hall–Kier alpha value is -1.92. The van der Waals surface area contributed by atoms with Gasteiger partial charge in [0.1, 0.15) is 0 Å². The van der Waals surface area contributed by atoms with Crippen molar-refractivity contribution in [3.8, 4) is 0 Å². The number of likely N-dealkylation sites (N-methyl/N-ethyl adjacent to an activating group) is 1. The number of nitrogens with one attached hydrogen (secondary N) is 2. The average molecular weight is 306 g/mol. The molecule has 2 amide bonds. The van der Waals surface area contributed by atoms with Gasteiger partial charge < -0.3 is 21.3 Å². The first kappa shape index (κ1) is 18.1. The Balaban J connectivity index is 2.45. The van der Waals surface area contributed by atoms with E-state index in [9.17, 15) is 9.59 Å². The number of hydrogen-bond acceptors (Lipinski definition) is 4. The van der Waals surface area contributed by atoms with Crippen LogP contribution in [0.1, 0.15) is 30.6 Å². The van der Waals surface area contributed by atoms with E-state index in [1.807, 2.05) is 0 Å². The van der Waals surface area contributed by atoms with E-state index in [-0.39, 0.29) is 18.2 Å². The minimum Gasteiger partial charge on any atom is -0.351 e. The molecule has 6 heteroatoms. The molecule has 0 aromatic heterocycles. The van der Waals surface area contributed by atoms with E-state index in [1.165, 1.54) is 0 Å². The zero-order chi connectivity index (χ0) is 16.4. The predicted octanol–water partition coefficient (Wildman–Crippen LogP) is 1.05. The zero-order valence-corrected chi connectivity index (χ0v) is 13.4. The molecule has 1 rings (SSSR count). The molecule has 4 N–H and O–H groups in total. The summed E-state index contributed by atoms with van der Waals surface area (Å²) in [7, 11) is 0. The molecule has 22 heavy (non-hydrogen) atoms. The molecule has 0 unspecified atom stereocenters. The van der Waals surface area contributed by atoms with E-state index in [4.69, 9.17) is 5.73 Å². The van der Waals surface area contributed by atoms with Gasteiger partial charge in [0.25, 0.3) is 5.91 Å². The van der Waals surface area contributed by atoms with E-state index in [2.05, 4.69) is 29.4 Å². The summed E-state index contributed by atoms with van der Waals surface area (Å²) in [6.07, 6.45) is 0.285. The number of nitrogens with zero attached hydrogens (tertiary/aromatic N) is 1. The molecule has 0 bridgehead atoms. The number of anilines is 1. The summed E-state index contributed by atoms with van der Waals surface area (Å²) in [6.45, 7) is 7.93. The normalized spacial score (nSPS) is 10.5. The third kappa shape index (κ3) is 6.24. The second kappa shape index (κ2) is 9.92. The van der Waals surface area contributed by atoms with Gasteiger partial charge >= 0.3 is 0 Å². The lowest BCUT2D eigenvalue weighted by Gasteiger charge is -2.17. The Morgan fingerprint density at radius 1 is 1.14 bits per heavy atom. The van der Waals surface area contributed by atoms with Crippen molar-refractivity contribution >= 4 is 17.5 Å². The van der Waals surface area contributed by atoms with Gasteiger partial charge in [0.05, 0.1) is 0 Å². The van der Waals surface area contributed by atoms with Crippen LogP contribution in [0.2, 0.25) is 0 Å². The largest absolute Gasteiger partial charge is 0.351 e. The quantitative estimate of drug-likeness (QED) is 0.636. The van der Waals surface area contributed by atoms with Crippen LogP contribution >= 0.6 is 0 Å². The van der Waals surface area contributed by atoms with Crippen LogP contribution in [0.4, 0.5) is 5.69 Å². The van der Waals surface area contributed by atoms with Gasteiger partial charge in [0.2, 0.25) is 5.91 Å². The maximum absolute atomic E-state index is 12.0. The molecule has 1 aromatic carbocycles. The lowest BCUT2D eigenvalue weighted by molar-refractivity contribution is -0.116. The van der Waals surface area contributed by atoms with Crippen molar-refractivity contribution in [2.45, 2.75) is 20.3 Å². The summed E-state index contributed by atoms with van der Waals surface area (Å²) in [4.78, 5) is 25.7. The van der Waals surface area contributed by atoms with Crippen molar-refractivity contribution in [1.82, 2.24) is 10.2 Å². The van der Waals surface area contributed by atoms with Gasteiger partial charge in [-0.3, -0.25) is 9.59 Å². The molecule has 0 aliphatic heterocycles. The highest BCUT2D eigenvalue weighted by Crippen LogP contribution is 2.09. The van der Waals surface area contributed by atoms with Gasteiger partial charge in [0, 0.05) is 37.3 Å². The third-order valence-electron chi connectivity index (χ3n) is 3.41. The highest BCUT2D eigenvalue weighted by Gasteiger charge is 2.07. The summed E-state index contributed by atoms with van der Waals surface area (Å²) in [6, 6.07) is 6.83. The Kier molecular flexibility index (Phi) is 8.17. The predicted molar refractivity (Wildman–Crippen MR) is 88.9 cm³/mol. The Morgan fingerprint density at radius 2 is 1.77 bits per heavy atom. The zero-order valence-electron chi connectivity index (χ0n) is 13.4. The molecule has 0 aliphatic carbocycles. The smallest absolute Gasteiger partial charge is 0.251 e. The fourth-order valence-corrected chi connectivity index (χ4v) is 2.03. The van der Waals surface area contributed by atoms with Crippen LogP contribution in [0, 0.1) is 0 Å². The van der Waals surface area contributed by atoms with E-state index >= 15 is 0 Å². The second-order valence-corrected chi connectivity index (χ2v) is 4.95. The molecule has 0 heterocycles. The molecule has 6 nitrogen and oxygen atoms in total. The molecule has 122 valence electrons. The molecule has 0 radical (unpaired) electrons. The molecule has 0 saturated heterocycles. The van der Waals surface area contributed by atoms with E-state index < -0.39 is 0 Å². The molecule has 0 aliphatic rings. The Morgan fingerprint density at radius 3 is 2.32 bits per heavy atom. The van der Waals surface area contributed by atoms with Gasteiger partial charge in [-0.05, 0) is 37.4 Å². The number of nitrogens with two attached hydrogens (primary N) is 1. The minimum atomic E-state index is -0.126. The maximum Gasteiger partial charge on any atom is 0.251 e. The Bertz CT molecular complexity index is 470. The van der Waals surface area contributed by atoms with Gasteiger partial charge in [-0.25, -0.2) is 0 Å². The van der Waals surface area contributed by atoms with Crippen molar-refractivity contribution in [3.05, 3.63) is 29.8 Å². The maximum atomic E-state index is 12.0. The third-order valence-corrected chi connectivity index (χ3v) is 3.41. The van der Waals surface area contributed by atoms with Crippen molar-refractivity contribution in [1.29, 1.82) is 0 Å². The lowest BCUT2D eigenvalue weighted by atomic mass is 10.2. The first-order valence-electron chi connectivity index (χ1n) is 7.71. The summed E-state index contributed by atoms with van der Waals surface area (Å²) in [5.74, 6) is -0.231. The minimum absolute atomic E-state index is 0.105. The van der Waals surface area contributed by atoms with Gasteiger partial charge in [0.15, 0.2) is 0 Å². The van der Waals surface area contributed by atoms with Crippen molar-refractivity contribution in [3.63, 3.8) is 0 Å². The van der Waals surface area contributed by atoms with E-state index in [0.29, 0.717) is 24.3 Å². The first-order valence-corrected chi connectivity index (χ1v) is 7.71. The van der Waals surface area contributed by atoms with Gasteiger partial charge in [-0.2, -0.15) is 0 Å². The van der Waals surface area contributed by atoms with Crippen LogP contribution in [0.5, 0.6) is 0 Å². The monoisotopic (exact) mass is 306 g/mol. The molecule has 0 spiro atoms. The van der Waals surface area contributed by atoms with Crippen LogP contribution in [0.3, 0.4) is 0 Å². The fraction of sp³-hybridized carbons (Fsp3) is 0.500. The van der Waals surface area contributed by atoms with Crippen LogP contribution in [-0.4, -0.2) is 49.4 Å². The molecule has 1 aromatic rings. The van der Waals surface area contributed by atoms with Crippen LogP contribution in [-0.2, 0) is 4.79 Å². The lowest BCUT2D eigenvalue weighted by Crippen LogP contribution is -2.34. The topological polar surface area (TPSA) is 87.5 Å². The van der Waals surface area contributed by atoms with Crippen molar-refractivity contribution in [2.75, 3.05) is 38.0 Å². The number of amides is 2. The van der Waals surface area contributed by atoms with Crippen molar-refractivity contribution < 1.29 is 9.59 Å². The fourth-order valence-electron chi connectivity index (χ4n) is 2.03. The molecule has 0 atom stereocenters. The summed E-state index contributed by atoms with van der Waals surface area (Å²) in [5, 5.41) is 5.62. The highest BCUT2D eigenvalue weighted by molar-refractivity contribution is 5.95. The number of hydrogen-bond donors (Lipinski definition) is 3. The number of rotatable bonds is 9. The van der Waals surface area contributed by atoms with Crippen molar-refractivity contribution in [2.24, 2.45) is 5.73 Å². The average Bonchev–Trinajstić information content (AvgIpc) is 2.52. The SMILES string of the molecule is CCN(CC)CCNC(=O)c1ccc(NC(=O)CCN)cc1. The number of carbonyl (C=O) groups excluding carboxylic acids is 2. The Labute approximate surface area is 132 Å². The molecular weight excluding hydrogens is 280 g/mol. The van der Waals surface area contributed by atoms with E-state index in [0.717, 1.165) is 19.6 Å². The standard InChI is InChI=1S/C16H26N4O2/c1-3-20(4-2)12-11-18-16(22)13-5-7-14(8-6-13)19-15(21)9-10-17/h5-8H,3-4,9-12,17H2,1-2H3,(H,18,22)(H,19,21). The van der Waals surface area contributed by atoms with Gasteiger partial charge in [-0.15, -0.1) is 0 Å². The molecule has 0 saturated carbocycles. The highest BCUT2D eigenvalue weighted by atomic mass is 16.2. The molecule has 0 fully saturated rings. The summed E-state index contributed by atoms with van der Waals surface area (Å²) in [5.41, 5.74) is 6.56. The van der Waals surface area contributed by atoms with Crippen LogP contribution in [0.25, 0.3) is 0 Å². The van der Waals surface area contributed by atoms with Crippen LogP contribution in [0.15, 0.2) is 24.3 Å². The van der Waals surface area contributed by atoms with Crippen LogP contribution < -0.4 is 16.4 Å². The van der Waals surface area contributed by atoms with Gasteiger partial charge in [-0.1, -0.05) is 13.8 Å². The summed E-state index contributed by atoms with van der Waals surface area (Å²) >= 11 is 0. The second-order valence-electron chi connectivity index (χ2n) is 4.95. The number of carbonyl (C=O) groups is 2. The van der Waals surface area contributed by atoms with E-state index in [1.54, 1.807) is 24.3 Å². The summed E-state index contributed by atoms with van der Waals surface area (Å²) < 4.78 is 0. The first-order chi connectivity index (χ1) is 10.6. The number of benzene rings is 1. The molecular formula is C16H26N4O2.